The predicted molar refractivity (Wildman–Crippen MR) is 78.1 cm³/mol. The van der Waals surface area contributed by atoms with Crippen molar-refractivity contribution >= 4 is 11.6 Å². The quantitative estimate of drug-likeness (QED) is 0.674. The molecule has 4 nitrogen and oxygen atoms in total. The monoisotopic (exact) mass is 290 g/mol. The first kappa shape index (κ1) is 13.2. The summed E-state index contributed by atoms with van der Waals surface area (Å²) in [5.74, 6) is 7.20. The number of fused-ring (bicyclic) bond motifs is 1. The van der Waals surface area contributed by atoms with Crippen molar-refractivity contribution in [1.82, 2.24) is 5.43 Å². The normalized spacial score (nSPS) is 14.9. The van der Waals surface area contributed by atoms with E-state index in [1.165, 1.54) is 0 Å². The fraction of sp³-hybridized carbons (Fsp3) is 0.200. The lowest BCUT2D eigenvalue weighted by atomic mass is 9.98. The lowest BCUT2D eigenvalue weighted by Gasteiger charge is -2.22. The van der Waals surface area contributed by atoms with Crippen LogP contribution in [0.4, 0.5) is 0 Å². The second-order valence-electron chi connectivity index (χ2n) is 4.52. The van der Waals surface area contributed by atoms with Crippen LogP contribution >= 0.6 is 11.6 Å². The first-order chi connectivity index (χ1) is 9.79. The Morgan fingerprint density at radius 2 is 1.80 bits per heavy atom. The van der Waals surface area contributed by atoms with Crippen molar-refractivity contribution in [2.24, 2.45) is 5.84 Å². The van der Waals surface area contributed by atoms with Gasteiger partial charge in [-0.3, -0.25) is 5.84 Å². The van der Waals surface area contributed by atoms with Crippen molar-refractivity contribution in [3.8, 4) is 11.5 Å². The average molecular weight is 291 g/mol. The van der Waals surface area contributed by atoms with Crippen molar-refractivity contribution in [2.45, 2.75) is 6.04 Å². The van der Waals surface area contributed by atoms with Gasteiger partial charge in [0.25, 0.3) is 0 Å². The zero-order valence-corrected chi connectivity index (χ0v) is 11.6. The largest absolute Gasteiger partial charge is 0.486 e. The summed E-state index contributed by atoms with van der Waals surface area (Å²) in [5.41, 5.74) is 4.70. The van der Waals surface area contributed by atoms with Crippen molar-refractivity contribution in [2.75, 3.05) is 13.2 Å². The van der Waals surface area contributed by atoms with Crippen LogP contribution in [0.5, 0.6) is 11.5 Å². The van der Waals surface area contributed by atoms with Crippen LogP contribution in [0.2, 0.25) is 5.02 Å². The maximum atomic E-state index is 6.24. The van der Waals surface area contributed by atoms with Crippen LogP contribution in [-0.4, -0.2) is 13.2 Å². The molecule has 0 saturated heterocycles. The highest BCUT2D eigenvalue weighted by Gasteiger charge is 2.19. The second kappa shape index (κ2) is 5.71. The molecule has 0 spiro atoms. The summed E-state index contributed by atoms with van der Waals surface area (Å²) in [6.45, 7) is 1.14. The molecule has 5 heteroatoms. The number of nitrogens with one attached hydrogen (secondary N) is 1. The van der Waals surface area contributed by atoms with E-state index in [9.17, 15) is 0 Å². The van der Waals surface area contributed by atoms with E-state index in [4.69, 9.17) is 26.9 Å². The van der Waals surface area contributed by atoms with Gasteiger partial charge in [0.1, 0.15) is 13.2 Å². The third-order valence-corrected chi connectivity index (χ3v) is 3.63. The highest BCUT2D eigenvalue weighted by molar-refractivity contribution is 6.31. The fourth-order valence-electron chi connectivity index (χ4n) is 2.31. The molecule has 2 aromatic carbocycles. The molecule has 0 bridgehead atoms. The summed E-state index contributed by atoms with van der Waals surface area (Å²) in [5, 5.41) is 0.672. The Balaban J connectivity index is 1.99. The molecule has 3 N–H and O–H groups in total. The van der Waals surface area contributed by atoms with Gasteiger partial charge >= 0.3 is 0 Å². The van der Waals surface area contributed by atoms with Gasteiger partial charge in [-0.25, -0.2) is 5.43 Å². The molecule has 1 unspecified atom stereocenters. The minimum absolute atomic E-state index is 0.195. The number of ether oxygens (including phenoxy) is 2. The summed E-state index contributed by atoms with van der Waals surface area (Å²) in [6, 6.07) is 13.2. The van der Waals surface area contributed by atoms with E-state index in [2.05, 4.69) is 5.43 Å². The van der Waals surface area contributed by atoms with Crippen LogP contribution in [0.25, 0.3) is 0 Å². The smallest absolute Gasteiger partial charge is 0.161 e. The van der Waals surface area contributed by atoms with E-state index in [0.29, 0.717) is 18.2 Å². The van der Waals surface area contributed by atoms with Gasteiger partial charge < -0.3 is 9.47 Å². The zero-order chi connectivity index (χ0) is 13.9. The number of hydrogen-bond acceptors (Lipinski definition) is 4. The van der Waals surface area contributed by atoms with E-state index in [1.54, 1.807) is 0 Å². The molecule has 0 saturated carbocycles. The highest BCUT2D eigenvalue weighted by atomic mass is 35.5. The maximum absolute atomic E-state index is 6.24. The highest BCUT2D eigenvalue weighted by Crippen LogP contribution is 2.35. The summed E-state index contributed by atoms with van der Waals surface area (Å²) < 4.78 is 11.1. The summed E-state index contributed by atoms with van der Waals surface area (Å²) >= 11 is 6.24. The van der Waals surface area contributed by atoms with Crippen molar-refractivity contribution < 1.29 is 9.47 Å². The van der Waals surface area contributed by atoms with Crippen molar-refractivity contribution in [1.29, 1.82) is 0 Å². The molecule has 0 radical (unpaired) electrons. The van der Waals surface area contributed by atoms with E-state index in [1.807, 2.05) is 42.5 Å². The van der Waals surface area contributed by atoms with Gasteiger partial charge in [-0.05, 0) is 29.3 Å². The number of benzene rings is 2. The van der Waals surface area contributed by atoms with Crippen LogP contribution in [0, 0.1) is 0 Å². The number of hydrogen-bond donors (Lipinski definition) is 2. The third kappa shape index (κ3) is 2.45. The molecule has 104 valence electrons. The average Bonchev–Trinajstić information content (AvgIpc) is 2.50. The van der Waals surface area contributed by atoms with Gasteiger partial charge in [0, 0.05) is 5.02 Å². The molecular weight excluding hydrogens is 276 g/mol. The molecule has 1 heterocycles. The van der Waals surface area contributed by atoms with Gasteiger partial charge in [-0.2, -0.15) is 0 Å². The molecule has 3 rings (SSSR count). The first-order valence-electron chi connectivity index (χ1n) is 6.39. The van der Waals surface area contributed by atoms with Gasteiger partial charge in [-0.15, -0.1) is 0 Å². The van der Waals surface area contributed by atoms with Crippen molar-refractivity contribution in [3.63, 3.8) is 0 Å². The molecule has 1 aliphatic rings. The molecule has 1 aliphatic heterocycles. The SMILES string of the molecule is NNC(c1ccc2c(c1)OCCO2)c1ccccc1Cl. The Morgan fingerprint density at radius 1 is 1.05 bits per heavy atom. The summed E-state index contributed by atoms with van der Waals surface area (Å²) in [6.07, 6.45) is 0. The number of halogens is 1. The molecule has 1 atom stereocenters. The minimum atomic E-state index is -0.195. The van der Waals surface area contributed by atoms with Crippen LogP contribution in [0.1, 0.15) is 17.2 Å². The van der Waals surface area contributed by atoms with Gasteiger partial charge in [0.05, 0.1) is 6.04 Å². The molecular formula is C15H15ClN2O2. The Hall–Kier alpha value is -1.75. The maximum Gasteiger partial charge on any atom is 0.161 e. The van der Waals surface area contributed by atoms with E-state index in [0.717, 1.165) is 22.6 Å². The van der Waals surface area contributed by atoms with Crippen LogP contribution in [0.3, 0.4) is 0 Å². The lowest BCUT2D eigenvalue weighted by Crippen LogP contribution is -2.29. The van der Waals surface area contributed by atoms with Gasteiger partial charge in [0.2, 0.25) is 0 Å². The Labute approximate surface area is 122 Å². The molecule has 2 aromatic rings. The van der Waals surface area contributed by atoms with Crippen LogP contribution < -0.4 is 20.7 Å². The topological polar surface area (TPSA) is 56.5 Å². The van der Waals surface area contributed by atoms with E-state index >= 15 is 0 Å². The van der Waals surface area contributed by atoms with Gasteiger partial charge in [0.15, 0.2) is 11.5 Å². The first-order valence-corrected chi connectivity index (χ1v) is 6.77. The van der Waals surface area contributed by atoms with Gasteiger partial charge in [-0.1, -0.05) is 35.9 Å². The van der Waals surface area contributed by atoms with E-state index in [-0.39, 0.29) is 6.04 Å². The second-order valence-corrected chi connectivity index (χ2v) is 4.93. The number of rotatable bonds is 3. The molecule has 0 fully saturated rings. The standard InChI is InChI=1S/C15H15ClN2O2/c16-12-4-2-1-3-11(12)15(18-17)10-5-6-13-14(9-10)20-8-7-19-13/h1-6,9,15,18H,7-8,17H2. The molecule has 0 aromatic heterocycles. The van der Waals surface area contributed by atoms with Crippen molar-refractivity contribution in [3.05, 3.63) is 58.6 Å². The Bertz CT molecular complexity index is 619. The fourth-order valence-corrected chi connectivity index (χ4v) is 2.56. The van der Waals surface area contributed by atoms with Crippen LogP contribution in [0.15, 0.2) is 42.5 Å². The number of hydrazine groups is 1. The Kier molecular flexibility index (Phi) is 3.78. The Morgan fingerprint density at radius 3 is 2.55 bits per heavy atom. The predicted octanol–water partition coefficient (Wildman–Crippen LogP) is 2.66. The summed E-state index contributed by atoms with van der Waals surface area (Å²) in [7, 11) is 0. The molecule has 0 amide bonds. The molecule has 20 heavy (non-hydrogen) atoms. The van der Waals surface area contributed by atoms with Crippen LogP contribution in [-0.2, 0) is 0 Å². The molecule has 0 aliphatic carbocycles. The lowest BCUT2D eigenvalue weighted by molar-refractivity contribution is 0.171. The summed E-state index contributed by atoms with van der Waals surface area (Å²) in [4.78, 5) is 0. The number of nitrogens with two attached hydrogens (primary N) is 1. The van der Waals surface area contributed by atoms with E-state index < -0.39 is 0 Å². The minimum Gasteiger partial charge on any atom is -0.486 e. The third-order valence-electron chi connectivity index (χ3n) is 3.28. The zero-order valence-electron chi connectivity index (χ0n) is 10.8.